The van der Waals surface area contributed by atoms with Crippen LogP contribution in [0.5, 0.6) is 0 Å². The van der Waals surface area contributed by atoms with Crippen LogP contribution >= 0.6 is 0 Å². The summed E-state index contributed by atoms with van der Waals surface area (Å²) >= 11 is 0. The molecule has 2 atom stereocenters. The van der Waals surface area contributed by atoms with Crippen molar-refractivity contribution in [2.24, 2.45) is 10.9 Å². The highest BCUT2D eigenvalue weighted by Crippen LogP contribution is 2.26. The van der Waals surface area contributed by atoms with Crippen LogP contribution in [-0.4, -0.2) is 35.1 Å². The topological polar surface area (TPSA) is 83.5 Å². The molecule has 2 N–H and O–H groups in total. The van der Waals surface area contributed by atoms with E-state index in [2.05, 4.69) is 51.0 Å². The number of carbonyl (C=O) groups is 2. The van der Waals surface area contributed by atoms with Crippen LogP contribution in [0.3, 0.4) is 0 Å². The van der Waals surface area contributed by atoms with Gasteiger partial charge in [0.1, 0.15) is 11.4 Å². The van der Waals surface area contributed by atoms with E-state index in [9.17, 15) is 9.59 Å². The van der Waals surface area contributed by atoms with E-state index in [1.54, 1.807) is 12.1 Å². The van der Waals surface area contributed by atoms with E-state index in [1.807, 2.05) is 19.1 Å². The number of hydrogen-bond donors (Lipinski definition) is 2. The molecular formula is C23H24N4O2. The summed E-state index contributed by atoms with van der Waals surface area (Å²) in [5.41, 5.74) is 2.80. The number of carbonyl (C=O) groups excluding carboxylic acids is 2. The van der Waals surface area contributed by atoms with Gasteiger partial charge in [0.25, 0.3) is 11.8 Å². The lowest BCUT2D eigenvalue weighted by atomic mass is 10.1. The second-order valence-corrected chi connectivity index (χ2v) is 7.41. The van der Waals surface area contributed by atoms with Gasteiger partial charge in [0, 0.05) is 6.54 Å². The highest BCUT2D eigenvalue weighted by atomic mass is 16.2. The average molecular weight is 388 g/mol. The first-order valence-corrected chi connectivity index (χ1v) is 10.0. The van der Waals surface area contributed by atoms with Crippen LogP contribution in [0.15, 0.2) is 65.3 Å². The number of fused-ring (bicyclic) bond motifs is 5. The fourth-order valence-corrected chi connectivity index (χ4v) is 3.58. The van der Waals surface area contributed by atoms with E-state index in [0.29, 0.717) is 23.9 Å². The third-order valence-electron chi connectivity index (χ3n) is 5.06. The molecule has 1 aliphatic carbocycles. The summed E-state index contributed by atoms with van der Waals surface area (Å²) in [5.74, 6) is -0.279. The first kappa shape index (κ1) is 19.1. The number of nitrogens with one attached hydrogen (secondary N) is 2. The van der Waals surface area contributed by atoms with Crippen LogP contribution in [0.25, 0.3) is 5.57 Å². The fourth-order valence-electron chi connectivity index (χ4n) is 3.58. The van der Waals surface area contributed by atoms with Crippen molar-refractivity contribution < 1.29 is 9.59 Å². The number of aliphatic imine (C=N–C) groups is 1. The zero-order chi connectivity index (χ0) is 20.2. The number of rotatable bonds is 0. The third kappa shape index (κ3) is 4.42. The monoisotopic (exact) mass is 388 g/mol. The van der Waals surface area contributed by atoms with Crippen LogP contribution < -0.4 is 10.6 Å². The second-order valence-electron chi connectivity index (χ2n) is 7.41. The molecule has 0 aromatic carbocycles. The van der Waals surface area contributed by atoms with Crippen molar-refractivity contribution in [2.75, 3.05) is 6.54 Å². The van der Waals surface area contributed by atoms with Gasteiger partial charge in [0.2, 0.25) is 0 Å². The highest BCUT2D eigenvalue weighted by Gasteiger charge is 2.25. The summed E-state index contributed by atoms with van der Waals surface area (Å²) in [6.45, 7) is 2.44. The van der Waals surface area contributed by atoms with Crippen molar-refractivity contribution in [1.29, 1.82) is 0 Å². The standard InChI is InChI=1S/C23H24N4O2/c1-15-13-20-21(25-15)23(29)24-12-5-3-2-4-7-16-10-11-17(14-16)18-8-6-9-19(26-18)22(28)27-20/h2,4,6,8-11,13-16H,3,5,7,12H2,1H3,(H,24,29)(H,27,28)/b4-2+. The second kappa shape index (κ2) is 8.39. The van der Waals surface area contributed by atoms with Crippen LogP contribution in [0, 0.1) is 5.92 Å². The molecule has 6 heteroatoms. The van der Waals surface area contributed by atoms with Gasteiger partial charge in [-0.05, 0) is 55.9 Å². The molecule has 2 unspecified atom stereocenters. The van der Waals surface area contributed by atoms with Crippen molar-refractivity contribution in [3.8, 4) is 0 Å². The van der Waals surface area contributed by atoms with E-state index in [4.69, 9.17) is 0 Å². The molecule has 0 saturated heterocycles. The predicted octanol–water partition coefficient (Wildman–Crippen LogP) is 2.96. The summed E-state index contributed by atoms with van der Waals surface area (Å²) in [7, 11) is 0. The number of pyridine rings is 1. The van der Waals surface area contributed by atoms with E-state index >= 15 is 0 Å². The van der Waals surface area contributed by atoms with E-state index in [-0.39, 0.29) is 23.6 Å². The summed E-state index contributed by atoms with van der Waals surface area (Å²) in [6.07, 6.45) is 15.2. The fraction of sp³-hybridized carbons (Fsp3) is 0.304. The zero-order valence-electron chi connectivity index (χ0n) is 16.4. The molecule has 3 aliphatic rings. The van der Waals surface area contributed by atoms with Crippen molar-refractivity contribution in [3.63, 3.8) is 0 Å². The largest absolute Gasteiger partial charge is 0.351 e. The summed E-state index contributed by atoms with van der Waals surface area (Å²) in [5, 5.41) is 5.71. The lowest BCUT2D eigenvalue weighted by molar-refractivity contribution is -0.114. The van der Waals surface area contributed by atoms with Gasteiger partial charge in [-0.3, -0.25) is 14.6 Å². The lowest BCUT2D eigenvalue weighted by Gasteiger charge is -2.10. The van der Waals surface area contributed by atoms with Gasteiger partial charge in [-0.2, -0.15) is 0 Å². The minimum Gasteiger partial charge on any atom is -0.351 e. The van der Waals surface area contributed by atoms with Gasteiger partial charge in [-0.15, -0.1) is 0 Å². The Bertz CT molecular complexity index is 984. The maximum absolute atomic E-state index is 12.8. The maximum atomic E-state index is 12.8. The first-order chi connectivity index (χ1) is 14.1. The summed E-state index contributed by atoms with van der Waals surface area (Å²) in [4.78, 5) is 34.2. The highest BCUT2D eigenvalue weighted by molar-refractivity contribution is 6.46. The van der Waals surface area contributed by atoms with Gasteiger partial charge >= 0.3 is 0 Å². The summed E-state index contributed by atoms with van der Waals surface area (Å²) < 4.78 is 0. The van der Waals surface area contributed by atoms with Crippen molar-refractivity contribution in [2.45, 2.75) is 32.2 Å². The molecule has 2 aliphatic heterocycles. The average Bonchev–Trinajstić information content (AvgIpc) is 3.33. The third-order valence-corrected chi connectivity index (χ3v) is 5.06. The minimum atomic E-state index is -0.351. The Morgan fingerprint density at radius 2 is 1.93 bits per heavy atom. The molecule has 1 aromatic rings. The number of aromatic nitrogens is 1. The molecule has 4 bridgehead atoms. The number of allylic oxidation sites excluding steroid dienone is 6. The zero-order valence-corrected chi connectivity index (χ0v) is 16.4. The minimum absolute atomic E-state index is 0.159. The molecule has 0 radical (unpaired) electrons. The van der Waals surface area contributed by atoms with Gasteiger partial charge < -0.3 is 10.6 Å². The van der Waals surface area contributed by atoms with Crippen LogP contribution in [0.2, 0.25) is 0 Å². The Morgan fingerprint density at radius 3 is 2.83 bits per heavy atom. The number of nitrogens with zero attached hydrogens (tertiary/aromatic N) is 2. The SMILES string of the molecule is CC1C=C2NC(=O)c3cccc(n3)C3=CC(C=C3)C/C=C/CCCNC(=O)C2=N1. The molecule has 6 nitrogen and oxygen atoms in total. The molecule has 3 heterocycles. The first-order valence-electron chi connectivity index (χ1n) is 10.0. The van der Waals surface area contributed by atoms with Gasteiger partial charge in [0.05, 0.1) is 17.4 Å². The van der Waals surface area contributed by atoms with Crippen molar-refractivity contribution in [3.05, 3.63) is 71.7 Å². The Hall–Kier alpha value is -3.28. The van der Waals surface area contributed by atoms with E-state index in [1.165, 1.54) is 0 Å². The van der Waals surface area contributed by atoms with E-state index in [0.717, 1.165) is 30.5 Å². The molecule has 0 fully saturated rings. The Kier molecular flexibility index (Phi) is 5.51. The molecule has 0 saturated carbocycles. The smallest absolute Gasteiger partial charge is 0.274 e. The predicted molar refractivity (Wildman–Crippen MR) is 113 cm³/mol. The Labute approximate surface area is 170 Å². The van der Waals surface area contributed by atoms with Crippen LogP contribution in [0.4, 0.5) is 0 Å². The number of amides is 2. The molecule has 2 amide bonds. The number of hydrogen-bond acceptors (Lipinski definition) is 4. The Morgan fingerprint density at radius 1 is 1.07 bits per heavy atom. The quantitative estimate of drug-likeness (QED) is 0.670. The lowest BCUT2D eigenvalue weighted by Crippen LogP contribution is -2.37. The Balaban J connectivity index is 1.63. The summed E-state index contributed by atoms with van der Waals surface area (Å²) in [6, 6.07) is 5.24. The molecule has 0 spiro atoms. The molecule has 148 valence electrons. The van der Waals surface area contributed by atoms with Gasteiger partial charge in [0.15, 0.2) is 0 Å². The van der Waals surface area contributed by atoms with Gasteiger partial charge in [-0.25, -0.2) is 4.98 Å². The molecule has 29 heavy (non-hydrogen) atoms. The molecule has 4 rings (SSSR count). The van der Waals surface area contributed by atoms with Crippen LogP contribution in [-0.2, 0) is 4.79 Å². The normalized spacial score (nSPS) is 25.6. The maximum Gasteiger partial charge on any atom is 0.274 e. The van der Waals surface area contributed by atoms with Gasteiger partial charge in [-0.1, -0.05) is 36.4 Å². The molecule has 1 aromatic heterocycles. The van der Waals surface area contributed by atoms with Crippen LogP contribution in [0.1, 0.15) is 42.4 Å². The van der Waals surface area contributed by atoms with Crippen molar-refractivity contribution >= 4 is 23.1 Å². The van der Waals surface area contributed by atoms with Crippen molar-refractivity contribution in [1.82, 2.24) is 15.6 Å². The van der Waals surface area contributed by atoms with E-state index < -0.39 is 0 Å². The molecular weight excluding hydrogens is 364 g/mol.